The molecule has 1 fully saturated rings. The highest BCUT2D eigenvalue weighted by Gasteiger charge is 2.38. The van der Waals surface area contributed by atoms with Gasteiger partial charge in [-0.15, -0.1) is 0 Å². The van der Waals surface area contributed by atoms with Gasteiger partial charge in [0.2, 0.25) is 0 Å². The van der Waals surface area contributed by atoms with Crippen molar-refractivity contribution in [1.82, 2.24) is 20.1 Å². The SMILES string of the molecule is C[C@H]1CN(c2ccncc2NC(=O)OC(C)(C)C)C[C@@H](NC(=O)OC(C)(C)C)[C@H]1n1cc[nH]1. The topological polar surface area (TPSA) is 114 Å². The molecular formula is C23H36N6O4. The number of rotatable bonds is 4. The highest BCUT2D eigenvalue weighted by molar-refractivity contribution is 5.89. The molecule has 2 aromatic rings. The molecule has 2 amide bonds. The number of aromatic amines is 1. The summed E-state index contributed by atoms with van der Waals surface area (Å²) in [6.07, 6.45) is 6.10. The van der Waals surface area contributed by atoms with Crippen LogP contribution < -0.4 is 15.5 Å². The zero-order chi connectivity index (χ0) is 24.4. The zero-order valence-corrected chi connectivity index (χ0v) is 20.5. The number of nitrogens with one attached hydrogen (secondary N) is 3. The Hall–Kier alpha value is -3.17. The molecule has 0 aromatic carbocycles. The van der Waals surface area contributed by atoms with E-state index in [1.807, 2.05) is 64.7 Å². The van der Waals surface area contributed by atoms with Crippen molar-refractivity contribution < 1.29 is 19.1 Å². The van der Waals surface area contributed by atoms with Crippen LogP contribution in [-0.2, 0) is 9.47 Å². The Morgan fingerprint density at radius 1 is 1.09 bits per heavy atom. The van der Waals surface area contributed by atoms with E-state index in [4.69, 9.17) is 9.47 Å². The lowest BCUT2D eigenvalue weighted by Crippen LogP contribution is -2.57. The highest BCUT2D eigenvalue weighted by Crippen LogP contribution is 2.34. The van der Waals surface area contributed by atoms with Crippen LogP contribution in [0.4, 0.5) is 21.0 Å². The predicted octanol–water partition coefficient (Wildman–Crippen LogP) is 4.15. The molecule has 3 N–H and O–H groups in total. The van der Waals surface area contributed by atoms with Crippen molar-refractivity contribution >= 4 is 23.6 Å². The van der Waals surface area contributed by atoms with Crippen LogP contribution in [0.5, 0.6) is 0 Å². The Morgan fingerprint density at radius 2 is 1.73 bits per heavy atom. The second kappa shape index (κ2) is 9.36. The normalized spacial score (nSPS) is 21.4. The molecule has 3 heterocycles. The van der Waals surface area contributed by atoms with Crippen LogP contribution in [0, 0.1) is 5.92 Å². The smallest absolute Gasteiger partial charge is 0.412 e. The van der Waals surface area contributed by atoms with E-state index in [0.717, 1.165) is 12.2 Å². The first-order valence-electron chi connectivity index (χ1n) is 11.2. The number of carbonyl (C=O) groups excluding carboxylic acids is 2. The van der Waals surface area contributed by atoms with Crippen molar-refractivity contribution in [3.05, 3.63) is 30.9 Å². The molecular weight excluding hydrogens is 424 g/mol. The Bertz CT molecular complexity index is 946. The highest BCUT2D eigenvalue weighted by atomic mass is 16.6. The first-order valence-corrected chi connectivity index (χ1v) is 11.2. The van der Waals surface area contributed by atoms with E-state index in [1.165, 1.54) is 0 Å². The summed E-state index contributed by atoms with van der Waals surface area (Å²) in [7, 11) is 0. The fourth-order valence-electron chi connectivity index (χ4n) is 4.05. The lowest BCUT2D eigenvalue weighted by molar-refractivity contribution is 0.0463. The van der Waals surface area contributed by atoms with Crippen molar-refractivity contribution in [2.45, 2.75) is 71.8 Å². The van der Waals surface area contributed by atoms with E-state index in [9.17, 15) is 9.59 Å². The standard InChI is InChI=1S/C23H36N6O4/c1-15-13-28(18-8-9-24-12-16(18)26-20(30)32-22(2,3)4)14-17(19(15)29-11-10-25-29)27-21(31)33-23(5,6)7/h8-12,15,17,19,25H,13-14H2,1-7H3,(H,26,30)(H,27,31)/t15-,17+,19-/m0/s1. The molecule has 0 aliphatic carbocycles. The van der Waals surface area contributed by atoms with Crippen molar-refractivity contribution in [2.75, 3.05) is 23.3 Å². The van der Waals surface area contributed by atoms with Gasteiger partial charge in [0.05, 0.1) is 29.7 Å². The zero-order valence-electron chi connectivity index (χ0n) is 20.5. The van der Waals surface area contributed by atoms with Crippen molar-refractivity contribution in [3.63, 3.8) is 0 Å². The summed E-state index contributed by atoms with van der Waals surface area (Å²) in [6, 6.07) is 1.65. The average Bonchev–Trinajstić information content (AvgIpc) is 2.59. The molecule has 3 atom stereocenters. The number of anilines is 2. The Kier molecular flexibility index (Phi) is 6.94. The van der Waals surface area contributed by atoms with E-state index < -0.39 is 23.4 Å². The molecule has 3 rings (SSSR count). The number of amides is 2. The number of ether oxygens (including phenoxy) is 2. The molecule has 0 unspecified atom stereocenters. The molecule has 1 aliphatic rings. The molecule has 1 saturated heterocycles. The number of carbonyl (C=O) groups is 2. The van der Waals surface area contributed by atoms with Gasteiger partial charge in [-0.3, -0.25) is 15.0 Å². The van der Waals surface area contributed by atoms with Gasteiger partial charge in [-0.1, -0.05) is 6.92 Å². The maximum atomic E-state index is 12.6. The van der Waals surface area contributed by atoms with Gasteiger partial charge in [0.25, 0.3) is 0 Å². The first-order chi connectivity index (χ1) is 15.3. The number of pyridine rings is 1. The lowest BCUT2D eigenvalue weighted by atomic mass is 9.89. The second-order valence-electron chi connectivity index (χ2n) is 10.5. The fraction of sp³-hybridized carbons (Fsp3) is 0.609. The average molecular weight is 461 g/mol. The van der Waals surface area contributed by atoms with Crippen LogP contribution in [0.15, 0.2) is 30.9 Å². The van der Waals surface area contributed by atoms with E-state index in [1.54, 1.807) is 12.4 Å². The minimum atomic E-state index is -0.612. The molecule has 0 radical (unpaired) electrons. The third-order valence-corrected chi connectivity index (χ3v) is 5.18. The van der Waals surface area contributed by atoms with Crippen LogP contribution in [0.3, 0.4) is 0 Å². The Labute approximate surface area is 195 Å². The summed E-state index contributed by atoms with van der Waals surface area (Å²) in [5.41, 5.74) is 0.156. The van der Waals surface area contributed by atoms with Crippen LogP contribution in [-0.4, -0.2) is 57.3 Å². The minimum absolute atomic E-state index is 0.0304. The van der Waals surface area contributed by atoms with Gasteiger partial charge >= 0.3 is 12.2 Å². The number of piperidine rings is 1. The molecule has 182 valence electrons. The van der Waals surface area contributed by atoms with E-state index in [-0.39, 0.29) is 18.0 Å². The predicted molar refractivity (Wildman–Crippen MR) is 126 cm³/mol. The van der Waals surface area contributed by atoms with Crippen LogP contribution in [0.25, 0.3) is 0 Å². The number of hydrogen-bond donors (Lipinski definition) is 3. The summed E-state index contributed by atoms with van der Waals surface area (Å²) in [6.45, 7) is 14.3. The molecule has 0 bridgehead atoms. The second-order valence-corrected chi connectivity index (χ2v) is 10.5. The molecule has 0 spiro atoms. The molecule has 33 heavy (non-hydrogen) atoms. The van der Waals surface area contributed by atoms with Gasteiger partial charge in [-0.05, 0) is 53.5 Å². The number of aromatic nitrogens is 3. The monoisotopic (exact) mass is 460 g/mol. The van der Waals surface area contributed by atoms with Crippen molar-refractivity contribution in [2.24, 2.45) is 5.92 Å². The van der Waals surface area contributed by atoms with Crippen LogP contribution in [0.2, 0.25) is 0 Å². The van der Waals surface area contributed by atoms with Gasteiger partial charge in [0.15, 0.2) is 0 Å². The molecule has 1 aliphatic heterocycles. The summed E-state index contributed by atoms with van der Waals surface area (Å²) in [4.78, 5) is 31.3. The van der Waals surface area contributed by atoms with Gasteiger partial charge < -0.3 is 24.8 Å². The molecule has 10 heteroatoms. The van der Waals surface area contributed by atoms with E-state index in [0.29, 0.717) is 12.2 Å². The van der Waals surface area contributed by atoms with Gasteiger partial charge in [-0.2, -0.15) is 0 Å². The minimum Gasteiger partial charge on any atom is -0.444 e. The maximum Gasteiger partial charge on any atom is 0.412 e. The Morgan fingerprint density at radius 3 is 2.30 bits per heavy atom. The first kappa shape index (κ1) is 24.5. The molecule has 2 aromatic heterocycles. The molecule has 0 saturated carbocycles. The number of nitrogens with zero attached hydrogens (tertiary/aromatic N) is 3. The van der Waals surface area contributed by atoms with Gasteiger partial charge in [0, 0.05) is 31.7 Å². The summed E-state index contributed by atoms with van der Waals surface area (Å²) in [5, 5.41) is 9.03. The molecule has 10 nitrogen and oxygen atoms in total. The lowest BCUT2D eigenvalue weighted by Gasteiger charge is -2.45. The van der Waals surface area contributed by atoms with Crippen LogP contribution >= 0.6 is 0 Å². The van der Waals surface area contributed by atoms with E-state index in [2.05, 4.69) is 32.5 Å². The summed E-state index contributed by atoms with van der Waals surface area (Å²) < 4.78 is 12.9. The van der Waals surface area contributed by atoms with Gasteiger partial charge in [0.1, 0.15) is 11.2 Å². The summed E-state index contributed by atoms with van der Waals surface area (Å²) >= 11 is 0. The fourth-order valence-corrected chi connectivity index (χ4v) is 4.05. The third-order valence-electron chi connectivity index (χ3n) is 5.18. The van der Waals surface area contributed by atoms with Crippen LogP contribution in [0.1, 0.15) is 54.5 Å². The van der Waals surface area contributed by atoms with Gasteiger partial charge in [-0.25, -0.2) is 9.59 Å². The maximum absolute atomic E-state index is 12.6. The largest absolute Gasteiger partial charge is 0.444 e. The summed E-state index contributed by atoms with van der Waals surface area (Å²) in [5.74, 6) is 0.179. The van der Waals surface area contributed by atoms with Crippen molar-refractivity contribution in [3.8, 4) is 0 Å². The number of alkyl carbamates (subject to hydrolysis) is 1. The quantitative estimate of drug-likeness (QED) is 0.632. The Balaban J connectivity index is 1.82. The number of hydrogen-bond acceptors (Lipinski definition) is 6. The van der Waals surface area contributed by atoms with Crippen molar-refractivity contribution in [1.29, 1.82) is 0 Å². The third kappa shape index (κ3) is 6.66. The van der Waals surface area contributed by atoms with E-state index >= 15 is 0 Å². The number of H-pyrrole nitrogens is 1.